The lowest BCUT2D eigenvalue weighted by molar-refractivity contribution is -0.148. The van der Waals surface area contributed by atoms with E-state index < -0.39 is 0 Å². The number of ether oxygens (including phenoxy) is 2. The number of carbonyl (C=O) groups excluding carboxylic acids is 2. The lowest BCUT2D eigenvalue weighted by Crippen LogP contribution is -2.44. The van der Waals surface area contributed by atoms with Crippen LogP contribution in [0.2, 0.25) is 0 Å². The number of likely N-dealkylation sites (tertiary alicyclic amines) is 1. The first kappa shape index (κ1) is 16.8. The lowest BCUT2D eigenvalue weighted by atomic mass is 10.0. The van der Waals surface area contributed by atoms with Crippen molar-refractivity contribution in [3.05, 3.63) is 29.8 Å². The monoisotopic (exact) mass is 332 g/mol. The fraction of sp³-hybridized carbons (Fsp3) is 0.556. The fourth-order valence-electron chi connectivity index (χ4n) is 3.44. The van der Waals surface area contributed by atoms with E-state index in [4.69, 9.17) is 9.47 Å². The van der Waals surface area contributed by atoms with Crippen LogP contribution in [0.1, 0.15) is 37.8 Å². The third kappa shape index (κ3) is 3.70. The van der Waals surface area contributed by atoms with Crippen molar-refractivity contribution >= 4 is 11.9 Å². The van der Waals surface area contributed by atoms with Gasteiger partial charge in [0, 0.05) is 12.0 Å². The van der Waals surface area contributed by atoms with Gasteiger partial charge >= 0.3 is 5.97 Å². The summed E-state index contributed by atoms with van der Waals surface area (Å²) >= 11 is 0. The molecule has 0 aromatic heterocycles. The van der Waals surface area contributed by atoms with Gasteiger partial charge < -0.3 is 14.8 Å². The summed E-state index contributed by atoms with van der Waals surface area (Å²) in [7, 11) is 0. The number of amides is 1. The van der Waals surface area contributed by atoms with Crippen molar-refractivity contribution < 1.29 is 19.1 Å². The second kappa shape index (κ2) is 7.66. The summed E-state index contributed by atoms with van der Waals surface area (Å²) in [5.41, 5.74) is 1.01. The molecule has 130 valence electrons. The van der Waals surface area contributed by atoms with Gasteiger partial charge in [0.25, 0.3) is 0 Å². The molecule has 2 heterocycles. The Bertz CT molecular complexity index is 604. The van der Waals surface area contributed by atoms with Gasteiger partial charge in [0.05, 0.1) is 25.8 Å². The number of carbonyl (C=O) groups is 2. The van der Waals surface area contributed by atoms with Gasteiger partial charge in [0.2, 0.25) is 5.91 Å². The largest absolute Gasteiger partial charge is 0.493 e. The van der Waals surface area contributed by atoms with Crippen LogP contribution in [0.3, 0.4) is 0 Å². The number of esters is 1. The van der Waals surface area contributed by atoms with Crippen molar-refractivity contribution in [1.82, 2.24) is 10.2 Å². The number of nitrogens with one attached hydrogen (secondary N) is 1. The summed E-state index contributed by atoms with van der Waals surface area (Å²) in [5, 5.41) is 3.08. The molecule has 6 heteroatoms. The summed E-state index contributed by atoms with van der Waals surface area (Å²) in [6.07, 6.45) is 2.42. The Morgan fingerprint density at radius 2 is 2.17 bits per heavy atom. The zero-order chi connectivity index (χ0) is 16.9. The third-order valence-electron chi connectivity index (χ3n) is 4.56. The van der Waals surface area contributed by atoms with Gasteiger partial charge in [-0.15, -0.1) is 0 Å². The first-order chi connectivity index (χ1) is 11.7. The van der Waals surface area contributed by atoms with Crippen LogP contribution in [-0.4, -0.2) is 49.1 Å². The molecule has 1 fully saturated rings. The van der Waals surface area contributed by atoms with E-state index in [1.165, 1.54) is 0 Å². The average Bonchev–Trinajstić information content (AvgIpc) is 3.03. The van der Waals surface area contributed by atoms with E-state index in [0.717, 1.165) is 37.1 Å². The van der Waals surface area contributed by atoms with Gasteiger partial charge in [0.15, 0.2) is 0 Å². The molecule has 1 amide bonds. The van der Waals surface area contributed by atoms with Gasteiger partial charge in [-0.3, -0.25) is 14.5 Å². The summed E-state index contributed by atoms with van der Waals surface area (Å²) in [5.74, 6) is 0.548. The standard InChI is InChI=1S/C18H24N2O4/c1-2-23-18(22)15-7-5-10-20(15)12-17(21)19-14-9-11-24-16-8-4-3-6-13(14)16/h3-4,6,8,14-15H,2,5,7,9-12H2,1H3,(H,19,21)/t14-,15-/m1/s1. The van der Waals surface area contributed by atoms with Gasteiger partial charge in [-0.1, -0.05) is 18.2 Å². The van der Waals surface area contributed by atoms with Crippen LogP contribution in [-0.2, 0) is 14.3 Å². The molecule has 3 rings (SSSR count). The minimum absolute atomic E-state index is 0.0360. The number of nitrogens with zero attached hydrogens (tertiary/aromatic N) is 1. The van der Waals surface area contributed by atoms with Crippen LogP contribution in [0.4, 0.5) is 0 Å². The predicted molar refractivity (Wildman–Crippen MR) is 88.7 cm³/mol. The van der Waals surface area contributed by atoms with E-state index in [2.05, 4.69) is 5.32 Å². The SMILES string of the molecule is CCOC(=O)[C@H]1CCCN1CC(=O)N[C@@H]1CCOc2ccccc21. The quantitative estimate of drug-likeness (QED) is 0.831. The first-order valence-electron chi connectivity index (χ1n) is 8.61. The summed E-state index contributed by atoms with van der Waals surface area (Å²) < 4.78 is 10.7. The smallest absolute Gasteiger partial charge is 0.323 e. The van der Waals surface area contributed by atoms with E-state index >= 15 is 0 Å². The van der Waals surface area contributed by atoms with Gasteiger partial charge in [-0.2, -0.15) is 0 Å². The van der Waals surface area contributed by atoms with Crippen molar-refractivity contribution in [1.29, 1.82) is 0 Å². The maximum absolute atomic E-state index is 12.5. The van der Waals surface area contributed by atoms with E-state index in [0.29, 0.717) is 13.2 Å². The molecule has 6 nitrogen and oxygen atoms in total. The number of benzene rings is 1. The Hall–Kier alpha value is -2.08. The van der Waals surface area contributed by atoms with E-state index in [9.17, 15) is 9.59 Å². The highest BCUT2D eigenvalue weighted by atomic mass is 16.5. The summed E-state index contributed by atoms with van der Waals surface area (Å²) in [4.78, 5) is 26.4. The molecule has 0 aliphatic carbocycles. The van der Waals surface area contributed by atoms with Crippen LogP contribution in [0, 0.1) is 0 Å². The molecule has 2 aliphatic heterocycles. The van der Waals surface area contributed by atoms with E-state index in [-0.39, 0.29) is 30.5 Å². The lowest BCUT2D eigenvalue weighted by Gasteiger charge is -2.28. The Kier molecular flexibility index (Phi) is 5.35. The zero-order valence-electron chi connectivity index (χ0n) is 14.0. The van der Waals surface area contributed by atoms with Crippen LogP contribution in [0.25, 0.3) is 0 Å². The molecule has 2 atom stereocenters. The third-order valence-corrected chi connectivity index (χ3v) is 4.56. The molecule has 2 aliphatic rings. The molecule has 0 bridgehead atoms. The molecule has 1 aromatic carbocycles. The minimum atomic E-state index is -0.294. The van der Waals surface area contributed by atoms with Gasteiger partial charge in [0.1, 0.15) is 11.8 Å². The molecule has 0 unspecified atom stereocenters. The van der Waals surface area contributed by atoms with Crippen molar-refractivity contribution in [3.8, 4) is 5.75 Å². The van der Waals surface area contributed by atoms with Crippen LogP contribution in [0.5, 0.6) is 5.75 Å². The van der Waals surface area contributed by atoms with Crippen LogP contribution < -0.4 is 10.1 Å². The van der Waals surface area contributed by atoms with E-state index in [1.54, 1.807) is 6.92 Å². The number of para-hydroxylation sites is 1. The van der Waals surface area contributed by atoms with Crippen molar-refractivity contribution in [2.45, 2.75) is 38.3 Å². The predicted octanol–water partition coefficient (Wildman–Crippen LogP) is 1.65. The van der Waals surface area contributed by atoms with Crippen LogP contribution >= 0.6 is 0 Å². The van der Waals surface area contributed by atoms with Crippen LogP contribution in [0.15, 0.2) is 24.3 Å². The normalized spacial score (nSPS) is 23.2. The number of hydrogen-bond acceptors (Lipinski definition) is 5. The highest BCUT2D eigenvalue weighted by Gasteiger charge is 2.33. The second-order valence-electron chi connectivity index (χ2n) is 6.18. The molecule has 1 saturated heterocycles. The van der Waals surface area contributed by atoms with Gasteiger partial charge in [-0.05, 0) is 32.4 Å². The fourth-order valence-corrected chi connectivity index (χ4v) is 3.44. The van der Waals surface area contributed by atoms with E-state index in [1.807, 2.05) is 29.2 Å². The summed E-state index contributed by atoms with van der Waals surface area (Å²) in [6.45, 7) is 3.74. The zero-order valence-corrected chi connectivity index (χ0v) is 14.0. The maximum atomic E-state index is 12.5. The summed E-state index contributed by atoms with van der Waals surface area (Å²) in [6, 6.07) is 7.45. The Morgan fingerprint density at radius 1 is 1.33 bits per heavy atom. The molecular formula is C18H24N2O4. The van der Waals surface area contributed by atoms with Crippen molar-refractivity contribution in [3.63, 3.8) is 0 Å². The Labute approximate surface area is 142 Å². The van der Waals surface area contributed by atoms with Crippen molar-refractivity contribution in [2.24, 2.45) is 0 Å². The molecule has 0 saturated carbocycles. The molecule has 24 heavy (non-hydrogen) atoms. The second-order valence-corrected chi connectivity index (χ2v) is 6.18. The average molecular weight is 332 g/mol. The minimum Gasteiger partial charge on any atom is -0.493 e. The molecular weight excluding hydrogens is 308 g/mol. The molecule has 0 radical (unpaired) electrons. The maximum Gasteiger partial charge on any atom is 0.323 e. The number of rotatable bonds is 5. The Balaban J connectivity index is 1.59. The van der Waals surface area contributed by atoms with Crippen molar-refractivity contribution in [2.75, 3.05) is 26.3 Å². The van der Waals surface area contributed by atoms with Gasteiger partial charge in [-0.25, -0.2) is 0 Å². The highest BCUT2D eigenvalue weighted by Crippen LogP contribution is 2.31. The Morgan fingerprint density at radius 3 is 3.00 bits per heavy atom. The molecule has 0 spiro atoms. The highest BCUT2D eigenvalue weighted by molar-refractivity contribution is 5.81. The topological polar surface area (TPSA) is 67.9 Å². The molecule has 1 N–H and O–H groups in total. The number of fused-ring (bicyclic) bond motifs is 1. The molecule has 1 aromatic rings. The number of hydrogen-bond donors (Lipinski definition) is 1. The first-order valence-corrected chi connectivity index (χ1v) is 8.61.